The zero-order valence-electron chi connectivity index (χ0n) is 65.1. The molecule has 0 aliphatic rings. The first kappa shape index (κ1) is 95.8. The lowest BCUT2D eigenvalue weighted by Gasteiger charge is -2.18. The van der Waals surface area contributed by atoms with Crippen LogP contribution in [-0.4, -0.2) is 112 Å². The Morgan fingerprint density at radius 3 is 0.941 bits per heavy atom. The van der Waals surface area contributed by atoms with Gasteiger partial charge in [-0.05, 0) is 154 Å². The van der Waals surface area contributed by atoms with Crippen molar-refractivity contribution < 1.29 is 43.0 Å². The van der Waals surface area contributed by atoms with E-state index in [-0.39, 0.29) is 54.9 Å². The van der Waals surface area contributed by atoms with Gasteiger partial charge in [0, 0.05) is 139 Å². The van der Waals surface area contributed by atoms with Crippen molar-refractivity contribution in [2.24, 2.45) is 35.5 Å². The second-order valence-electron chi connectivity index (χ2n) is 27.8. The molecule has 0 spiro atoms. The third-order valence-electron chi connectivity index (χ3n) is 15.1. The predicted octanol–water partition coefficient (Wildman–Crippen LogP) is 21.3. The molecule has 3 amide bonds. The maximum absolute atomic E-state index is 12.4. The fourth-order valence-corrected chi connectivity index (χ4v) is 16.6. The molecule has 102 heavy (non-hydrogen) atoms. The Labute approximate surface area is 643 Å². The van der Waals surface area contributed by atoms with Crippen molar-refractivity contribution in [1.82, 2.24) is 16.0 Å². The third kappa shape index (κ3) is 52.7. The minimum absolute atomic E-state index is 0.00398. The van der Waals surface area contributed by atoms with Gasteiger partial charge in [-0.1, -0.05) is 205 Å². The standard InChI is InChI=1S/C29H45NO3S2.C28H43NO3S2.C27H41NO3S2/c1-22(2)11-7-8-13-27(31)21-33-20-10-14-28(35-34-24(5)6)25-15-17-26(18-16-25)29(32)30-19-9-12-23(3)4;1-6-33-34-27(14-10-20-32-21-26(30)13-8-7-11-22(2)3)24-15-17-25(18-16-24)28(31)29-19-9-12-23(4)5;1-21(2)10-6-7-12-25(29)20-31-19-9-13-26(33-32-5)23-14-16-24(17-15-23)27(30)28-18-8-11-22(3)4/h15-18,22-24,28H,8-10,12-14,19-21H2,1-6H3,(H,30,32);15-18,22-23,27H,6,8-10,12-14,19-21H2,1-5H3,(H,29,31);14-17,21-22,26H,7-9,11-13,18-20H2,1-5H3,(H,28,30). The zero-order chi connectivity index (χ0) is 75.7. The van der Waals surface area contributed by atoms with Crippen LogP contribution in [0.2, 0.25) is 0 Å². The maximum atomic E-state index is 12.4. The van der Waals surface area contributed by atoms with Crippen LogP contribution in [0.4, 0.5) is 0 Å². The summed E-state index contributed by atoms with van der Waals surface area (Å²) in [5.74, 6) is 22.7. The van der Waals surface area contributed by atoms with Gasteiger partial charge in [0.2, 0.25) is 0 Å². The summed E-state index contributed by atoms with van der Waals surface area (Å²) in [4.78, 5) is 72.9. The van der Waals surface area contributed by atoms with Crippen molar-refractivity contribution in [3.63, 3.8) is 0 Å². The van der Waals surface area contributed by atoms with Crippen molar-refractivity contribution >= 4 is 99.8 Å². The van der Waals surface area contributed by atoms with Crippen molar-refractivity contribution in [1.29, 1.82) is 0 Å². The molecule has 3 aromatic carbocycles. The van der Waals surface area contributed by atoms with Crippen LogP contribution < -0.4 is 16.0 Å². The molecular formula is C84H129N3O9S6. The molecule has 0 heterocycles. The molecular weight excluding hydrogens is 1390 g/mol. The van der Waals surface area contributed by atoms with E-state index in [0.717, 1.165) is 102 Å². The Morgan fingerprint density at radius 2 is 0.676 bits per heavy atom. The molecule has 12 nitrogen and oxygen atoms in total. The van der Waals surface area contributed by atoms with Crippen LogP contribution in [0.15, 0.2) is 72.8 Å². The summed E-state index contributed by atoms with van der Waals surface area (Å²) in [5.41, 5.74) is 5.78. The fraction of sp³-hybridized carbons (Fsp3) is 0.643. The fourth-order valence-electron chi connectivity index (χ4n) is 9.57. The van der Waals surface area contributed by atoms with E-state index < -0.39 is 0 Å². The molecule has 0 aliphatic carbocycles. The molecule has 570 valence electrons. The number of carbonyl (C=O) groups excluding carboxylic acids is 6. The minimum Gasteiger partial charge on any atom is -0.374 e. The van der Waals surface area contributed by atoms with Crippen LogP contribution >= 0.6 is 64.8 Å². The monoisotopic (exact) mass is 1520 g/mol. The van der Waals surface area contributed by atoms with Gasteiger partial charge in [0.25, 0.3) is 17.7 Å². The van der Waals surface area contributed by atoms with Gasteiger partial charge in [0.1, 0.15) is 19.8 Å². The number of ketones is 3. The number of ether oxygens (including phenoxy) is 3. The van der Waals surface area contributed by atoms with Gasteiger partial charge >= 0.3 is 0 Å². The smallest absolute Gasteiger partial charge is 0.251 e. The van der Waals surface area contributed by atoms with Crippen LogP contribution in [0.1, 0.15) is 283 Å². The van der Waals surface area contributed by atoms with Gasteiger partial charge in [-0.3, -0.25) is 28.8 Å². The Hall–Kier alpha value is -4.26. The van der Waals surface area contributed by atoms with Crippen molar-refractivity contribution in [2.75, 3.05) is 71.3 Å². The first-order valence-corrected chi connectivity index (χ1v) is 44.8. The topological polar surface area (TPSA) is 166 Å². The Kier molecular flexibility index (Phi) is 58.1. The molecule has 3 unspecified atom stereocenters. The quantitative estimate of drug-likeness (QED) is 0.0277. The van der Waals surface area contributed by atoms with E-state index >= 15 is 0 Å². The van der Waals surface area contributed by atoms with Crippen LogP contribution in [-0.2, 0) is 28.6 Å². The van der Waals surface area contributed by atoms with E-state index in [1.807, 2.05) is 132 Å². The van der Waals surface area contributed by atoms with Gasteiger partial charge in [0.15, 0.2) is 17.3 Å². The second kappa shape index (κ2) is 61.8. The second-order valence-corrected chi connectivity index (χ2v) is 36.4. The van der Waals surface area contributed by atoms with Crippen LogP contribution in [0.5, 0.6) is 0 Å². The molecule has 3 atom stereocenters. The number of hydrogen-bond acceptors (Lipinski definition) is 15. The van der Waals surface area contributed by atoms with Crippen LogP contribution in [0, 0.1) is 71.0 Å². The normalized spacial score (nSPS) is 11.9. The van der Waals surface area contributed by atoms with E-state index in [2.05, 4.69) is 156 Å². The number of carbonyl (C=O) groups is 6. The highest BCUT2D eigenvalue weighted by atomic mass is 33.1. The first-order valence-electron chi connectivity index (χ1n) is 37.5. The molecule has 0 saturated carbocycles. The Balaban J connectivity index is 0.000000765. The summed E-state index contributed by atoms with van der Waals surface area (Å²) >= 11 is 0. The lowest BCUT2D eigenvalue weighted by atomic mass is 10.0. The van der Waals surface area contributed by atoms with E-state index in [4.69, 9.17) is 14.2 Å². The summed E-state index contributed by atoms with van der Waals surface area (Å²) in [6.07, 6.45) is 17.2. The highest BCUT2D eigenvalue weighted by Crippen LogP contribution is 2.44. The number of hydrogen-bond donors (Lipinski definition) is 3. The number of rotatable bonds is 50. The SMILES string of the molecule is CC(C)C#CCCC(=O)COCCCC(SSC(C)C)c1ccc(C(=O)NCCCC(C)C)cc1.CCSSC(CCCOCC(=O)CCC#CC(C)C)c1ccc(C(=O)NCCCC(C)C)cc1.CSSC(CCCOCC(=O)CCC#CC(C)C)c1ccc(C(=O)NCCCC(C)C)cc1. The maximum Gasteiger partial charge on any atom is 0.251 e. The molecule has 3 N–H and O–H groups in total. The lowest BCUT2D eigenvalue weighted by molar-refractivity contribution is -0.124. The summed E-state index contributed by atoms with van der Waals surface area (Å²) in [6.45, 7) is 36.4. The minimum atomic E-state index is -0.00682. The molecule has 0 radical (unpaired) electrons. The molecule has 0 bridgehead atoms. The van der Waals surface area contributed by atoms with Crippen molar-refractivity contribution in [3.05, 3.63) is 106 Å². The molecule has 3 aromatic rings. The highest BCUT2D eigenvalue weighted by molar-refractivity contribution is 8.77. The highest BCUT2D eigenvalue weighted by Gasteiger charge is 2.19. The third-order valence-corrected chi connectivity index (χ3v) is 23.6. The van der Waals surface area contributed by atoms with Gasteiger partial charge in [0.05, 0.1) is 0 Å². The Bertz CT molecular complexity index is 2940. The van der Waals surface area contributed by atoms with E-state index in [9.17, 15) is 28.8 Å². The zero-order valence-corrected chi connectivity index (χ0v) is 70.0. The van der Waals surface area contributed by atoms with Crippen LogP contribution in [0.3, 0.4) is 0 Å². The average molecular weight is 1520 g/mol. The molecule has 0 fully saturated rings. The van der Waals surface area contributed by atoms with Crippen molar-refractivity contribution in [3.8, 4) is 35.5 Å². The number of amides is 3. The van der Waals surface area contributed by atoms with Gasteiger partial charge < -0.3 is 30.2 Å². The Morgan fingerprint density at radius 1 is 0.382 bits per heavy atom. The summed E-state index contributed by atoms with van der Waals surface area (Å²) < 4.78 is 16.8. The van der Waals surface area contributed by atoms with E-state index in [1.165, 1.54) is 16.7 Å². The molecule has 3 rings (SSSR count). The van der Waals surface area contributed by atoms with E-state index in [1.54, 1.807) is 10.8 Å². The lowest BCUT2D eigenvalue weighted by Crippen LogP contribution is -2.24. The van der Waals surface area contributed by atoms with E-state index in [0.29, 0.717) is 132 Å². The first-order chi connectivity index (χ1) is 48.8. The summed E-state index contributed by atoms with van der Waals surface area (Å²) in [7, 11) is 11.0. The van der Waals surface area contributed by atoms with Gasteiger partial charge in [-0.25, -0.2) is 0 Å². The number of nitrogens with one attached hydrogen (secondary N) is 3. The van der Waals surface area contributed by atoms with Gasteiger partial charge in [-0.15, -0.1) is 35.5 Å². The van der Waals surface area contributed by atoms with Gasteiger partial charge in [-0.2, -0.15) is 0 Å². The number of benzene rings is 3. The molecule has 0 aromatic heterocycles. The largest absolute Gasteiger partial charge is 0.374 e. The molecule has 18 heteroatoms. The van der Waals surface area contributed by atoms with Crippen LogP contribution in [0.25, 0.3) is 0 Å². The summed E-state index contributed by atoms with van der Waals surface area (Å²) in [6, 6.07) is 23.9. The predicted molar refractivity (Wildman–Crippen MR) is 445 cm³/mol. The summed E-state index contributed by atoms with van der Waals surface area (Å²) in [5, 5.41) is 10.6. The number of Topliss-reactive ketones (excluding diaryl/α,β-unsaturated/α-hetero) is 3. The molecule has 0 saturated heterocycles. The molecule has 0 aliphatic heterocycles. The van der Waals surface area contributed by atoms with Crippen molar-refractivity contribution in [2.45, 2.75) is 240 Å². The average Bonchev–Trinajstić information content (AvgIpc) is 0.888.